The van der Waals surface area contributed by atoms with Crippen molar-refractivity contribution in [3.05, 3.63) is 22.8 Å². The summed E-state index contributed by atoms with van der Waals surface area (Å²) >= 11 is 6.24. The van der Waals surface area contributed by atoms with Gasteiger partial charge in [0.2, 0.25) is 0 Å². The van der Waals surface area contributed by atoms with Crippen LogP contribution in [0.3, 0.4) is 0 Å². The number of halogens is 1. The first-order valence-electron chi connectivity index (χ1n) is 5.76. The molecule has 0 aliphatic rings. The van der Waals surface area contributed by atoms with E-state index >= 15 is 0 Å². The maximum Gasteiger partial charge on any atom is 0.147 e. The van der Waals surface area contributed by atoms with Gasteiger partial charge in [-0.2, -0.15) is 0 Å². The van der Waals surface area contributed by atoms with Gasteiger partial charge < -0.3 is 10.2 Å². The molecular formula is C12H20ClN3. The summed E-state index contributed by atoms with van der Waals surface area (Å²) in [6.07, 6.45) is 2.99. The molecule has 0 aliphatic heterocycles. The molecule has 1 aromatic rings. The summed E-state index contributed by atoms with van der Waals surface area (Å²) in [6.45, 7) is 7.01. The Hall–Kier alpha value is -0.800. The lowest BCUT2D eigenvalue weighted by Gasteiger charge is -2.22. The van der Waals surface area contributed by atoms with Gasteiger partial charge in [-0.05, 0) is 32.0 Å². The minimum absolute atomic E-state index is 0.739. The van der Waals surface area contributed by atoms with Gasteiger partial charge in [-0.15, -0.1) is 0 Å². The van der Waals surface area contributed by atoms with Crippen LogP contribution >= 0.6 is 11.6 Å². The second kappa shape index (κ2) is 6.71. The highest BCUT2D eigenvalue weighted by Crippen LogP contribution is 2.24. The molecule has 0 bridgehead atoms. The number of nitrogens with zero attached hydrogens (tertiary/aromatic N) is 2. The molecule has 0 spiro atoms. The van der Waals surface area contributed by atoms with Crippen LogP contribution in [0.15, 0.2) is 12.3 Å². The molecular weight excluding hydrogens is 222 g/mol. The van der Waals surface area contributed by atoms with Crippen LogP contribution in [-0.2, 0) is 6.54 Å². The van der Waals surface area contributed by atoms with E-state index in [9.17, 15) is 0 Å². The van der Waals surface area contributed by atoms with E-state index in [0.717, 1.165) is 42.5 Å². The van der Waals surface area contributed by atoms with Gasteiger partial charge in [0.15, 0.2) is 0 Å². The molecule has 4 heteroatoms. The molecule has 3 nitrogen and oxygen atoms in total. The fraction of sp³-hybridized carbons (Fsp3) is 0.583. The van der Waals surface area contributed by atoms with Gasteiger partial charge >= 0.3 is 0 Å². The molecule has 0 aliphatic carbocycles. The topological polar surface area (TPSA) is 28.2 Å². The zero-order valence-corrected chi connectivity index (χ0v) is 11.0. The van der Waals surface area contributed by atoms with Crippen molar-refractivity contribution in [2.24, 2.45) is 0 Å². The molecule has 0 fully saturated rings. The molecule has 1 N–H and O–H groups in total. The summed E-state index contributed by atoms with van der Waals surface area (Å²) in [7, 11) is 1.91. The van der Waals surface area contributed by atoms with Crippen molar-refractivity contribution in [3.63, 3.8) is 0 Å². The third-order valence-electron chi connectivity index (χ3n) is 2.43. The van der Waals surface area contributed by atoms with Gasteiger partial charge in [-0.3, -0.25) is 0 Å². The van der Waals surface area contributed by atoms with Crippen molar-refractivity contribution in [3.8, 4) is 0 Å². The largest absolute Gasteiger partial charge is 0.356 e. The summed E-state index contributed by atoms with van der Waals surface area (Å²) in [4.78, 5) is 6.64. The molecule has 90 valence electrons. The summed E-state index contributed by atoms with van der Waals surface area (Å²) < 4.78 is 0. The van der Waals surface area contributed by atoms with Crippen LogP contribution in [-0.4, -0.2) is 25.1 Å². The first-order valence-corrected chi connectivity index (χ1v) is 6.14. The minimum Gasteiger partial charge on any atom is -0.356 e. The van der Waals surface area contributed by atoms with Crippen molar-refractivity contribution >= 4 is 17.4 Å². The van der Waals surface area contributed by atoms with E-state index in [-0.39, 0.29) is 0 Å². The maximum absolute atomic E-state index is 6.24. The highest BCUT2D eigenvalue weighted by atomic mass is 35.5. The van der Waals surface area contributed by atoms with Gasteiger partial charge in [0.05, 0.1) is 5.02 Å². The van der Waals surface area contributed by atoms with Crippen LogP contribution in [0.4, 0.5) is 5.82 Å². The van der Waals surface area contributed by atoms with E-state index in [4.69, 9.17) is 11.6 Å². The highest BCUT2D eigenvalue weighted by Gasteiger charge is 2.09. The molecule has 1 rings (SSSR count). The normalized spacial score (nSPS) is 10.5. The molecule has 0 atom stereocenters. The monoisotopic (exact) mass is 241 g/mol. The Morgan fingerprint density at radius 2 is 2.19 bits per heavy atom. The predicted molar refractivity (Wildman–Crippen MR) is 70.2 cm³/mol. The quantitative estimate of drug-likeness (QED) is 0.830. The summed E-state index contributed by atoms with van der Waals surface area (Å²) in [5.41, 5.74) is 1.11. The molecule has 0 saturated carbocycles. The third-order valence-corrected chi connectivity index (χ3v) is 2.71. The Balaban J connectivity index is 2.87. The van der Waals surface area contributed by atoms with E-state index in [1.807, 2.05) is 19.3 Å². The van der Waals surface area contributed by atoms with Gasteiger partial charge in [-0.25, -0.2) is 4.98 Å². The number of hydrogen-bond acceptors (Lipinski definition) is 3. The lowest BCUT2D eigenvalue weighted by molar-refractivity contribution is 0.773. The zero-order valence-electron chi connectivity index (χ0n) is 10.3. The summed E-state index contributed by atoms with van der Waals surface area (Å²) in [6, 6.07) is 1.98. The van der Waals surface area contributed by atoms with E-state index in [0.29, 0.717) is 0 Å². The Morgan fingerprint density at radius 3 is 2.69 bits per heavy atom. The number of pyridine rings is 1. The van der Waals surface area contributed by atoms with Crippen LogP contribution in [0, 0.1) is 0 Å². The van der Waals surface area contributed by atoms with Gasteiger partial charge in [0.1, 0.15) is 5.82 Å². The first kappa shape index (κ1) is 13.3. The van der Waals surface area contributed by atoms with Crippen LogP contribution < -0.4 is 10.2 Å². The lowest BCUT2D eigenvalue weighted by Crippen LogP contribution is -2.24. The van der Waals surface area contributed by atoms with Crippen molar-refractivity contribution in [1.29, 1.82) is 0 Å². The number of aromatic nitrogens is 1. The summed E-state index contributed by atoms with van der Waals surface area (Å²) in [5.74, 6) is 0.894. The van der Waals surface area contributed by atoms with E-state index < -0.39 is 0 Å². The lowest BCUT2D eigenvalue weighted by atomic mass is 10.2. The van der Waals surface area contributed by atoms with Gasteiger partial charge in [0.25, 0.3) is 0 Å². The van der Waals surface area contributed by atoms with Crippen LogP contribution in [0.5, 0.6) is 0 Å². The second-order valence-electron chi connectivity index (χ2n) is 3.76. The predicted octanol–water partition coefficient (Wildman–Crippen LogP) is 2.69. The number of rotatable bonds is 6. The number of anilines is 1. The number of nitrogens with one attached hydrogen (secondary N) is 1. The highest BCUT2D eigenvalue weighted by molar-refractivity contribution is 6.33. The molecule has 0 amide bonds. The van der Waals surface area contributed by atoms with E-state index in [2.05, 4.69) is 29.0 Å². The van der Waals surface area contributed by atoms with Crippen molar-refractivity contribution in [2.45, 2.75) is 26.8 Å². The average molecular weight is 242 g/mol. The minimum atomic E-state index is 0.739. The van der Waals surface area contributed by atoms with E-state index in [1.165, 1.54) is 0 Å². The van der Waals surface area contributed by atoms with Gasteiger partial charge in [0, 0.05) is 25.8 Å². The first-order chi connectivity index (χ1) is 7.72. The SMILES string of the molecule is CCCN(CC)c1ncc(CNC)cc1Cl. The average Bonchev–Trinajstić information content (AvgIpc) is 2.27. The van der Waals surface area contributed by atoms with Crippen LogP contribution in [0.1, 0.15) is 25.8 Å². The Labute approximate surface area is 103 Å². The Bertz CT molecular complexity index is 328. The fourth-order valence-electron chi connectivity index (χ4n) is 1.69. The van der Waals surface area contributed by atoms with Crippen molar-refractivity contribution < 1.29 is 0 Å². The maximum atomic E-state index is 6.24. The molecule has 0 unspecified atom stereocenters. The molecule has 1 aromatic heterocycles. The number of hydrogen-bond donors (Lipinski definition) is 1. The van der Waals surface area contributed by atoms with Crippen molar-refractivity contribution in [1.82, 2.24) is 10.3 Å². The smallest absolute Gasteiger partial charge is 0.147 e. The summed E-state index contributed by atoms with van der Waals surface area (Å²) in [5, 5.41) is 3.83. The fourth-order valence-corrected chi connectivity index (χ4v) is 2.00. The Morgan fingerprint density at radius 1 is 1.44 bits per heavy atom. The van der Waals surface area contributed by atoms with Gasteiger partial charge in [-0.1, -0.05) is 18.5 Å². The Kier molecular flexibility index (Phi) is 5.56. The zero-order chi connectivity index (χ0) is 12.0. The third kappa shape index (κ3) is 3.35. The molecule has 0 radical (unpaired) electrons. The molecule has 16 heavy (non-hydrogen) atoms. The van der Waals surface area contributed by atoms with Crippen molar-refractivity contribution in [2.75, 3.05) is 25.0 Å². The second-order valence-corrected chi connectivity index (χ2v) is 4.17. The van der Waals surface area contributed by atoms with Crippen LogP contribution in [0.2, 0.25) is 5.02 Å². The molecule has 1 heterocycles. The van der Waals surface area contributed by atoms with E-state index in [1.54, 1.807) is 0 Å². The molecule has 0 saturated heterocycles. The van der Waals surface area contributed by atoms with Crippen LogP contribution in [0.25, 0.3) is 0 Å². The molecule has 0 aromatic carbocycles. The standard InChI is InChI=1S/C12H20ClN3/c1-4-6-16(5-2)12-11(13)7-10(8-14-3)9-15-12/h7,9,14H,4-6,8H2,1-3H3.